The third-order valence-corrected chi connectivity index (χ3v) is 3.81. The van der Waals surface area contributed by atoms with Crippen LogP contribution in [0.1, 0.15) is 57.8 Å². The molecule has 0 saturated carbocycles. The zero-order valence-electron chi connectivity index (χ0n) is 12.1. The summed E-state index contributed by atoms with van der Waals surface area (Å²) in [5, 5.41) is 6.67. The van der Waals surface area contributed by atoms with E-state index in [4.69, 9.17) is 0 Å². The van der Waals surface area contributed by atoms with Gasteiger partial charge in [-0.1, -0.05) is 32.1 Å². The molecular weight excluding hydrogens is 236 g/mol. The van der Waals surface area contributed by atoms with E-state index in [9.17, 15) is 0 Å². The lowest BCUT2D eigenvalue weighted by Gasteiger charge is -2.04. The number of unbranched alkanes of at least 4 members (excludes halogenated alkanes) is 6. The van der Waals surface area contributed by atoms with E-state index < -0.39 is 0 Å². The van der Waals surface area contributed by atoms with Crippen LogP contribution in [-0.2, 0) is 0 Å². The normalized spacial score (nSPS) is 17.9. The molecular formula is C15H28N4. The Morgan fingerprint density at radius 3 is 1.42 bits per heavy atom. The highest BCUT2D eigenvalue weighted by atomic mass is 15.1. The number of hydrogen-bond donors (Lipinski definition) is 2. The van der Waals surface area contributed by atoms with Crippen molar-refractivity contribution in [2.45, 2.75) is 57.8 Å². The van der Waals surface area contributed by atoms with Crippen LogP contribution in [0.15, 0.2) is 9.98 Å². The summed E-state index contributed by atoms with van der Waals surface area (Å²) < 4.78 is 0. The van der Waals surface area contributed by atoms with Gasteiger partial charge in [0.05, 0.1) is 24.8 Å². The van der Waals surface area contributed by atoms with Crippen molar-refractivity contribution < 1.29 is 0 Å². The molecule has 0 fully saturated rings. The standard InChI is InChI=1S/C15H28N4/c1(2-4-6-8-14-16-10-11-17-14)3-5-7-9-15-18-12-13-19-15/h1-13H2,(H,16,17)(H,18,19). The van der Waals surface area contributed by atoms with Crippen LogP contribution in [-0.4, -0.2) is 37.9 Å². The maximum atomic E-state index is 4.42. The lowest BCUT2D eigenvalue weighted by molar-refractivity contribution is 0.587. The van der Waals surface area contributed by atoms with Gasteiger partial charge >= 0.3 is 0 Å². The van der Waals surface area contributed by atoms with Gasteiger partial charge in [-0.15, -0.1) is 0 Å². The predicted octanol–water partition coefficient (Wildman–Crippen LogP) is 2.50. The molecule has 0 aliphatic carbocycles. The van der Waals surface area contributed by atoms with Gasteiger partial charge in [-0.05, 0) is 12.8 Å². The SMILES string of the molecule is C(CCCCC1=NCCN1)CCCCC1=NCCN1. The Morgan fingerprint density at radius 2 is 1.05 bits per heavy atom. The van der Waals surface area contributed by atoms with Crippen LogP contribution in [0.2, 0.25) is 0 Å². The lowest BCUT2D eigenvalue weighted by atomic mass is 10.1. The van der Waals surface area contributed by atoms with E-state index in [2.05, 4.69) is 20.6 Å². The van der Waals surface area contributed by atoms with Crippen LogP contribution in [0.5, 0.6) is 0 Å². The number of hydrogen-bond acceptors (Lipinski definition) is 4. The minimum absolute atomic E-state index is 0.982. The molecule has 0 atom stereocenters. The Morgan fingerprint density at radius 1 is 0.632 bits per heavy atom. The van der Waals surface area contributed by atoms with Gasteiger partial charge in [-0.3, -0.25) is 9.98 Å². The Kier molecular flexibility index (Phi) is 6.75. The van der Waals surface area contributed by atoms with Crippen molar-refractivity contribution in [1.29, 1.82) is 0 Å². The summed E-state index contributed by atoms with van der Waals surface area (Å²) in [6, 6.07) is 0. The molecule has 0 saturated heterocycles. The van der Waals surface area contributed by atoms with Gasteiger partial charge in [0.2, 0.25) is 0 Å². The molecule has 0 aromatic carbocycles. The van der Waals surface area contributed by atoms with Crippen LogP contribution in [0.4, 0.5) is 0 Å². The molecule has 0 radical (unpaired) electrons. The van der Waals surface area contributed by atoms with Gasteiger partial charge in [-0.2, -0.15) is 0 Å². The van der Waals surface area contributed by atoms with E-state index in [1.165, 1.54) is 56.6 Å². The van der Waals surface area contributed by atoms with Crippen LogP contribution in [0.3, 0.4) is 0 Å². The molecule has 2 heterocycles. The molecule has 2 aliphatic heterocycles. The van der Waals surface area contributed by atoms with Gasteiger partial charge < -0.3 is 10.6 Å². The fourth-order valence-electron chi connectivity index (χ4n) is 2.70. The van der Waals surface area contributed by atoms with E-state index in [0.717, 1.165) is 39.0 Å². The van der Waals surface area contributed by atoms with E-state index in [0.29, 0.717) is 0 Å². The smallest absolute Gasteiger partial charge is 0.0964 e. The number of amidine groups is 2. The average molecular weight is 264 g/mol. The summed E-state index contributed by atoms with van der Waals surface area (Å²) in [6.45, 7) is 4.07. The van der Waals surface area contributed by atoms with Crippen molar-refractivity contribution in [1.82, 2.24) is 10.6 Å². The first-order valence-corrected chi connectivity index (χ1v) is 7.99. The van der Waals surface area contributed by atoms with Crippen molar-refractivity contribution in [2.75, 3.05) is 26.2 Å². The third-order valence-electron chi connectivity index (χ3n) is 3.81. The molecule has 2 aliphatic rings. The number of rotatable bonds is 10. The molecule has 0 aromatic heterocycles. The van der Waals surface area contributed by atoms with Crippen molar-refractivity contribution >= 4 is 11.7 Å². The second-order valence-electron chi connectivity index (χ2n) is 5.49. The van der Waals surface area contributed by atoms with E-state index >= 15 is 0 Å². The van der Waals surface area contributed by atoms with Crippen LogP contribution in [0.25, 0.3) is 0 Å². The zero-order chi connectivity index (χ0) is 13.2. The Bertz CT molecular complexity index is 279. The summed E-state index contributed by atoms with van der Waals surface area (Å²) in [5.41, 5.74) is 0. The first kappa shape index (κ1) is 14.4. The molecule has 108 valence electrons. The molecule has 0 unspecified atom stereocenters. The predicted molar refractivity (Wildman–Crippen MR) is 82.2 cm³/mol. The molecule has 4 heteroatoms. The fourth-order valence-corrected chi connectivity index (χ4v) is 2.70. The van der Waals surface area contributed by atoms with Crippen molar-refractivity contribution in [3.63, 3.8) is 0 Å². The molecule has 0 aromatic rings. The summed E-state index contributed by atoms with van der Waals surface area (Å²) >= 11 is 0. The van der Waals surface area contributed by atoms with Gasteiger partial charge in [0.15, 0.2) is 0 Å². The van der Waals surface area contributed by atoms with Gasteiger partial charge in [-0.25, -0.2) is 0 Å². The Balaban J connectivity index is 1.32. The van der Waals surface area contributed by atoms with Crippen LogP contribution >= 0.6 is 0 Å². The zero-order valence-corrected chi connectivity index (χ0v) is 12.1. The molecule has 0 bridgehead atoms. The third kappa shape index (κ3) is 6.08. The minimum Gasteiger partial charge on any atom is -0.372 e. The highest BCUT2D eigenvalue weighted by molar-refractivity contribution is 5.83. The first-order chi connectivity index (χ1) is 9.45. The van der Waals surface area contributed by atoms with E-state index in [1.54, 1.807) is 0 Å². The summed E-state index contributed by atoms with van der Waals surface area (Å²) in [7, 11) is 0. The van der Waals surface area contributed by atoms with Crippen molar-refractivity contribution in [2.24, 2.45) is 9.98 Å². The van der Waals surface area contributed by atoms with Crippen molar-refractivity contribution in [3.05, 3.63) is 0 Å². The second kappa shape index (κ2) is 8.94. The van der Waals surface area contributed by atoms with Gasteiger partial charge in [0, 0.05) is 25.9 Å². The molecule has 0 amide bonds. The summed E-state index contributed by atoms with van der Waals surface area (Å²) in [6.07, 6.45) is 11.8. The second-order valence-corrected chi connectivity index (χ2v) is 5.49. The van der Waals surface area contributed by atoms with Crippen LogP contribution in [0, 0.1) is 0 Å². The summed E-state index contributed by atoms with van der Waals surface area (Å²) in [4.78, 5) is 8.84. The maximum Gasteiger partial charge on any atom is 0.0964 e. The average Bonchev–Trinajstić information content (AvgIpc) is 3.10. The minimum atomic E-state index is 0.982. The maximum absolute atomic E-state index is 4.42. The van der Waals surface area contributed by atoms with Crippen LogP contribution < -0.4 is 10.6 Å². The Hall–Kier alpha value is -1.06. The Labute approximate surface area is 117 Å². The molecule has 4 nitrogen and oxygen atoms in total. The number of aliphatic imine (C=N–C) groups is 2. The molecule has 2 rings (SSSR count). The topological polar surface area (TPSA) is 48.8 Å². The van der Waals surface area contributed by atoms with E-state index in [-0.39, 0.29) is 0 Å². The molecule has 19 heavy (non-hydrogen) atoms. The quantitative estimate of drug-likeness (QED) is 0.596. The monoisotopic (exact) mass is 264 g/mol. The van der Waals surface area contributed by atoms with Gasteiger partial charge in [0.1, 0.15) is 0 Å². The highest BCUT2D eigenvalue weighted by Gasteiger charge is 2.04. The molecule has 0 spiro atoms. The largest absolute Gasteiger partial charge is 0.372 e. The van der Waals surface area contributed by atoms with E-state index in [1.807, 2.05) is 0 Å². The summed E-state index contributed by atoms with van der Waals surface area (Å²) in [5.74, 6) is 2.48. The number of nitrogens with one attached hydrogen (secondary N) is 2. The highest BCUT2D eigenvalue weighted by Crippen LogP contribution is 2.10. The first-order valence-electron chi connectivity index (χ1n) is 7.99. The fraction of sp³-hybridized carbons (Fsp3) is 0.867. The molecule has 2 N–H and O–H groups in total. The lowest BCUT2D eigenvalue weighted by Crippen LogP contribution is -2.18. The number of nitrogens with zero attached hydrogens (tertiary/aromatic N) is 2. The van der Waals surface area contributed by atoms with Gasteiger partial charge in [0.25, 0.3) is 0 Å². The van der Waals surface area contributed by atoms with Crippen molar-refractivity contribution in [3.8, 4) is 0 Å².